The maximum absolute atomic E-state index is 12.8. The van der Waals surface area contributed by atoms with E-state index in [0.29, 0.717) is 6.54 Å². The topological polar surface area (TPSA) is 58.1 Å². The Balaban J connectivity index is 1.40. The Labute approximate surface area is 175 Å². The lowest BCUT2D eigenvalue weighted by atomic mass is 9.97. The van der Waals surface area contributed by atoms with Crippen LogP contribution in [0.25, 0.3) is 11.3 Å². The van der Waals surface area contributed by atoms with E-state index in [1.54, 1.807) is 11.8 Å². The first-order valence-corrected chi connectivity index (χ1v) is 11.0. The maximum atomic E-state index is 12.8. The Hall–Kier alpha value is -2.86. The lowest BCUT2D eigenvalue weighted by molar-refractivity contribution is -0.120. The molecule has 1 aliphatic rings. The van der Waals surface area contributed by atoms with Crippen molar-refractivity contribution in [2.75, 3.05) is 29.6 Å². The van der Waals surface area contributed by atoms with Gasteiger partial charge in [-0.05, 0) is 55.5 Å². The van der Waals surface area contributed by atoms with E-state index in [0.717, 1.165) is 42.1 Å². The molecule has 1 N–H and O–H groups in total. The summed E-state index contributed by atoms with van der Waals surface area (Å²) in [6.45, 7) is 1.56. The van der Waals surface area contributed by atoms with Crippen LogP contribution in [0.5, 0.6) is 0 Å². The molecule has 5 nitrogen and oxygen atoms in total. The molecule has 1 amide bonds. The molecule has 148 valence electrons. The van der Waals surface area contributed by atoms with E-state index >= 15 is 0 Å². The Kier molecular flexibility index (Phi) is 6.10. The molecule has 2 aromatic carbocycles. The van der Waals surface area contributed by atoms with Gasteiger partial charge in [-0.2, -0.15) is 0 Å². The third-order valence-corrected chi connectivity index (χ3v) is 5.94. The normalized spacial score (nSPS) is 16.4. The summed E-state index contributed by atoms with van der Waals surface area (Å²) in [6.07, 6.45) is 3.89. The summed E-state index contributed by atoms with van der Waals surface area (Å²) in [5.74, 6) is 0.839. The number of nitrogens with one attached hydrogen (secondary N) is 1. The highest BCUT2D eigenvalue weighted by Gasteiger charge is 2.26. The van der Waals surface area contributed by atoms with Crippen LogP contribution in [0, 0.1) is 5.92 Å². The van der Waals surface area contributed by atoms with Gasteiger partial charge < -0.3 is 10.2 Å². The summed E-state index contributed by atoms with van der Waals surface area (Å²) in [4.78, 5) is 16.1. The van der Waals surface area contributed by atoms with Gasteiger partial charge in [0.15, 0.2) is 5.82 Å². The molecule has 0 aliphatic carbocycles. The highest BCUT2D eigenvalue weighted by Crippen LogP contribution is 2.25. The van der Waals surface area contributed by atoms with Crippen LogP contribution >= 0.6 is 11.8 Å². The number of hydrogen-bond acceptors (Lipinski definition) is 5. The summed E-state index contributed by atoms with van der Waals surface area (Å²) < 4.78 is 0. The van der Waals surface area contributed by atoms with Crippen LogP contribution in [0.2, 0.25) is 0 Å². The molecule has 1 atom stereocenters. The van der Waals surface area contributed by atoms with Crippen molar-refractivity contribution in [3.8, 4) is 11.3 Å². The molecule has 2 heterocycles. The van der Waals surface area contributed by atoms with E-state index in [2.05, 4.69) is 20.4 Å². The monoisotopic (exact) mass is 404 g/mol. The standard InChI is InChI=1S/C23H24N4OS/c1-29-20-11-9-19(10-12-20)24-23(28)18-8-5-15-27(16-18)22-14-13-21(25-26-22)17-6-3-2-4-7-17/h2-4,6-7,9-14,18H,5,8,15-16H2,1H3,(H,24,28). The Morgan fingerprint density at radius 3 is 2.52 bits per heavy atom. The number of rotatable bonds is 5. The van der Waals surface area contributed by atoms with E-state index in [-0.39, 0.29) is 11.8 Å². The van der Waals surface area contributed by atoms with Crippen molar-refractivity contribution >= 4 is 29.2 Å². The fourth-order valence-corrected chi connectivity index (χ4v) is 3.98. The largest absolute Gasteiger partial charge is 0.354 e. The number of aromatic nitrogens is 2. The zero-order valence-corrected chi connectivity index (χ0v) is 17.2. The van der Waals surface area contributed by atoms with Crippen LogP contribution in [0.4, 0.5) is 11.5 Å². The van der Waals surface area contributed by atoms with Gasteiger partial charge in [-0.1, -0.05) is 30.3 Å². The third-order valence-electron chi connectivity index (χ3n) is 5.19. The zero-order valence-electron chi connectivity index (χ0n) is 16.4. The highest BCUT2D eigenvalue weighted by atomic mass is 32.2. The number of benzene rings is 2. The minimum atomic E-state index is -0.0559. The number of nitrogens with zero attached hydrogens (tertiary/aromatic N) is 3. The molecule has 1 unspecified atom stereocenters. The van der Waals surface area contributed by atoms with Crippen LogP contribution in [0.3, 0.4) is 0 Å². The number of carbonyl (C=O) groups is 1. The average molecular weight is 405 g/mol. The minimum Gasteiger partial charge on any atom is -0.354 e. The molecular formula is C23H24N4OS. The molecule has 0 radical (unpaired) electrons. The van der Waals surface area contributed by atoms with Crippen LogP contribution in [-0.2, 0) is 4.79 Å². The molecule has 29 heavy (non-hydrogen) atoms. The molecule has 6 heteroatoms. The van der Waals surface area contributed by atoms with Crippen molar-refractivity contribution in [2.45, 2.75) is 17.7 Å². The van der Waals surface area contributed by atoms with Gasteiger partial charge in [-0.15, -0.1) is 22.0 Å². The first kappa shape index (κ1) is 19.5. The van der Waals surface area contributed by atoms with Crippen LogP contribution in [0.15, 0.2) is 71.6 Å². The van der Waals surface area contributed by atoms with E-state index in [9.17, 15) is 4.79 Å². The van der Waals surface area contributed by atoms with Crippen LogP contribution in [-0.4, -0.2) is 35.4 Å². The molecule has 0 bridgehead atoms. The summed E-state index contributed by atoms with van der Waals surface area (Å²) in [7, 11) is 0. The van der Waals surface area contributed by atoms with Gasteiger partial charge in [0.1, 0.15) is 0 Å². The SMILES string of the molecule is CSc1ccc(NC(=O)C2CCCN(c3ccc(-c4ccccc4)nn3)C2)cc1. The molecule has 1 fully saturated rings. The van der Waals surface area contributed by atoms with E-state index in [1.807, 2.05) is 73.0 Å². The summed E-state index contributed by atoms with van der Waals surface area (Å²) >= 11 is 1.69. The number of carbonyl (C=O) groups excluding carboxylic acids is 1. The molecule has 1 aromatic heterocycles. The van der Waals surface area contributed by atoms with Crippen molar-refractivity contribution in [3.63, 3.8) is 0 Å². The second-order valence-electron chi connectivity index (χ2n) is 7.15. The van der Waals surface area contributed by atoms with Crippen molar-refractivity contribution in [3.05, 3.63) is 66.7 Å². The van der Waals surface area contributed by atoms with Crippen molar-refractivity contribution in [2.24, 2.45) is 5.92 Å². The summed E-state index contributed by atoms with van der Waals surface area (Å²) in [5.41, 5.74) is 2.75. The number of amides is 1. The number of anilines is 2. The van der Waals surface area contributed by atoms with E-state index < -0.39 is 0 Å². The van der Waals surface area contributed by atoms with Gasteiger partial charge >= 0.3 is 0 Å². The predicted molar refractivity (Wildman–Crippen MR) is 119 cm³/mol. The zero-order chi connectivity index (χ0) is 20.1. The van der Waals surface area contributed by atoms with Gasteiger partial charge in [-0.25, -0.2) is 0 Å². The molecule has 4 rings (SSSR count). The third kappa shape index (κ3) is 4.77. The molecule has 0 spiro atoms. The van der Waals surface area contributed by atoms with Gasteiger partial charge in [0, 0.05) is 29.2 Å². The van der Waals surface area contributed by atoms with Crippen molar-refractivity contribution in [1.82, 2.24) is 10.2 Å². The van der Waals surface area contributed by atoms with Crippen molar-refractivity contribution < 1.29 is 4.79 Å². The average Bonchev–Trinajstić information content (AvgIpc) is 2.80. The fourth-order valence-electron chi connectivity index (χ4n) is 3.57. The lowest BCUT2D eigenvalue weighted by Crippen LogP contribution is -2.41. The van der Waals surface area contributed by atoms with Gasteiger partial charge in [0.25, 0.3) is 0 Å². The second kappa shape index (κ2) is 9.09. The van der Waals surface area contributed by atoms with Crippen molar-refractivity contribution in [1.29, 1.82) is 0 Å². The number of hydrogen-bond donors (Lipinski definition) is 1. The fraction of sp³-hybridized carbons (Fsp3) is 0.261. The van der Waals surface area contributed by atoms with Crippen LogP contribution in [0.1, 0.15) is 12.8 Å². The molecule has 1 saturated heterocycles. The molecular weight excluding hydrogens is 380 g/mol. The number of thioether (sulfide) groups is 1. The Morgan fingerprint density at radius 1 is 1.03 bits per heavy atom. The Morgan fingerprint density at radius 2 is 1.83 bits per heavy atom. The predicted octanol–water partition coefficient (Wildman–Crippen LogP) is 4.72. The highest BCUT2D eigenvalue weighted by molar-refractivity contribution is 7.98. The summed E-state index contributed by atoms with van der Waals surface area (Å²) in [5, 5.41) is 11.9. The quantitative estimate of drug-likeness (QED) is 0.624. The van der Waals surface area contributed by atoms with E-state index in [1.165, 1.54) is 4.90 Å². The smallest absolute Gasteiger partial charge is 0.229 e. The van der Waals surface area contributed by atoms with E-state index in [4.69, 9.17) is 0 Å². The lowest BCUT2D eigenvalue weighted by Gasteiger charge is -2.32. The second-order valence-corrected chi connectivity index (χ2v) is 8.03. The van der Waals surface area contributed by atoms with Gasteiger partial charge in [0.2, 0.25) is 5.91 Å². The summed E-state index contributed by atoms with van der Waals surface area (Å²) in [6, 6.07) is 22.0. The van der Waals surface area contributed by atoms with Gasteiger partial charge in [-0.3, -0.25) is 4.79 Å². The Bertz CT molecular complexity index is 945. The number of piperidine rings is 1. The maximum Gasteiger partial charge on any atom is 0.229 e. The van der Waals surface area contributed by atoms with Gasteiger partial charge in [0.05, 0.1) is 11.6 Å². The molecule has 3 aromatic rings. The molecule has 1 aliphatic heterocycles. The molecule has 0 saturated carbocycles. The first-order chi connectivity index (χ1) is 14.2. The van der Waals surface area contributed by atoms with Crippen LogP contribution < -0.4 is 10.2 Å². The minimum absolute atomic E-state index is 0.0559. The first-order valence-electron chi connectivity index (χ1n) is 9.82.